The lowest BCUT2D eigenvalue weighted by Gasteiger charge is -2.03. The van der Waals surface area contributed by atoms with E-state index in [2.05, 4.69) is 15.0 Å². The van der Waals surface area contributed by atoms with E-state index in [-0.39, 0.29) is 0 Å². The van der Waals surface area contributed by atoms with Crippen LogP contribution in [0.5, 0.6) is 0 Å². The first kappa shape index (κ1) is 12.5. The number of pyridine rings is 2. The summed E-state index contributed by atoms with van der Waals surface area (Å²) < 4.78 is 0. The minimum Gasteiger partial charge on any atom is -0.404 e. The number of fused-ring (bicyclic) bond motifs is 1. The van der Waals surface area contributed by atoms with Crippen LogP contribution in [0, 0.1) is 0 Å². The van der Waals surface area contributed by atoms with Crippen molar-refractivity contribution in [3.8, 4) is 0 Å². The van der Waals surface area contributed by atoms with Gasteiger partial charge in [0.25, 0.3) is 0 Å². The number of allylic oxidation sites excluding steroid dienone is 1. The van der Waals surface area contributed by atoms with E-state index in [4.69, 9.17) is 17.3 Å². The molecule has 0 fully saturated rings. The zero-order valence-electron chi connectivity index (χ0n) is 9.97. The van der Waals surface area contributed by atoms with Crippen LogP contribution in [0.4, 0.5) is 0 Å². The van der Waals surface area contributed by atoms with Gasteiger partial charge in [0.15, 0.2) is 0 Å². The van der Waals surface area contributed by atoms with Crippen LogP contribution in [0.15, 0.2) is 35.6 Å². The smallest absolute Gasteiger partial charge is 0.129 e. The Morgan fingerprint density at radius 1 is 1.44 bits per heavy atom. The van der Waals surface area contributed by atoms with Crippen molar-refractivity contribution in [2.75, 3.05) is 6.54 Å². The number of hydrogen-bond acceptors (Lipinski definition) is 4. The zero-order chi connectivity index (χ0) is 13.0. The fourth-order valence-corrected chi connectivity index (χ4v) is 1.70. The lowest BCUT2D eigenvalue weighted by molar-refractivity contribution is 1.14. The Balaban J connectivity index is 2.48. The van der Waals surface area contributed by atoms with E-state index in [1.807, 2.05) is 19.1 Å². The molecule has 18 heavy (non-hydrogen) atoms. The van der Waals surface area contributed by atoms with Gasteiger partial charge in [-0.05, 0) is 25.1 Å². The highest BCUT2D eigenvalue weighted by atomic mass is 35.5. The molecule has 0 aliphatic heterocycles. The number of aromatic nitrogens is 2. The van der Waals surface area contributed by atoms with Gasteiger partial charge in [-0.25, -0.2) is 4.98 Å². The van der Waals surface area contributed by atoms with Crippen molar-refractivity contribution in [3.05, 3.63) is 41.3 Å². The summed E-state index contributed by atoms with van der Waals surface area (Å²) in [5.74, 6) is 0. The van der Waals surface area contributed by atoms with Crippen molar-refractivity contribution < 1.29 is 0 Å². The molecule has 0 bridgehead atoms. The quantitative estimate of drug-likeness (QED) is 0.682. The number of hydrogen-bond donors (Lipinski definition) is 1. The normalized spacial score (nSPS) is 12.4. The Kier molecular flexibility index (Phi) is 3.89. The maximum Gasteiger partial charge on any atom is 0.129 e. The van der Waals surface area contributed by atoms with Crippen LogP contribution >= 0.6 is 11.6 Å². The van der Waals surface area contributed by atoms with Crippen LogP contribution in [0.3, 0.4) is 0 Å². The Morgan fingerprint density at radius 3 is 3.00 bits per heavy atom. The summed E-state index contributed by atoms with van der Waals surface area (Å²) in [6.07, 6.45) is 4.98. The van der Waals surface area contributed by atoms with Crippen LogP contribution in [-0.4, -0.2) is 22.7 Å². The minimum atomic E-state index is 0.446. The Labute approximate surface area is 110 Å². The molecular formula is C13H13ClN4. The van der Waals surface area contributed by atoms with Gasteiger partial charge in [0.2, 0.25) is 0 Å². The van der Waals surface area contributed by atoms with Crippen LogP contribution in [-0.2, 0) is 0 Å². The number of rotatable bonds is 3. The van der Waals surface area contributed by atoms with Gasteiger partial charge in [0.1, 0.15) is 5.15 Å². The Morgan fingerprint density at radius 2 is 2.28 bits per heavy atom. The fraction of sp³-hybridized carbons (Fsp3) is 0.154. The second kappa shape index (κ2) is 5.60. The Hall–Kier alpha value is -1.94. The maximum atomic E-state index is 5.86. The third-order valence-electron chi connectivity index (χ3n) is 2.43. The van der Waals surface area contributed by atoms with Crippen molar-refractivity contribution in [3.63, 3.8) is 0 Å². The summed E-state index contributed by atoms with van der Waals surface area (Å²) in [5, 5.41) is 0.446. The van der Waals surface area contributed by atoms with Crippen molar-refractivity contribution in [2.45, 2.75) is 6.92 Å². The van der Waals surface area contributed by atoms with Crippen LogP contribution in [0.25, 0.3) is 16.6 Å². The summed E-state index contributed by atoms with van der Waals surface area (Å²) in [7, 11) is 0. The molecule has 2 aromatic rings. The third-order valence-corrected chi connectivity index (χ3v) is 2.64. The van der Waals surface area contributed by atoms with E-state index in [9.17, 15) is 0 Å². The van der Waals surface area contributed by atoms with Crippen molar-refractivity contribution >= 4 is 34.4 Å². The monoisotopic (exact) mass is 260 g/mol. The van der Waals surface area contributed by atoms with Gasteiger partial charge in [-0.2, -0.15) is 0 Å². The van der Waals surface area contributed by atoms with Gasteiger partial charge in [0.05, 0.1) is 11.0 Å². The van der Waals surface area contributed by atoms with Gasteiger partial charge < -0.3 is 5.73 Å². The molecule has 0 unspecified atom stereocenters. The van der Waals surface area contributed by atoms with Crippen LogP contribution in [0.1, 0.15) is 12.5 Å². The molecule has 5 heteroatoms. The largest absolute Gasteiger partial charge is 0.404 e. The highest BCUT2D eigenvalue weighted by Gasteiger charge is 2.03. The molecule has 2 heterocycles. The molecule has 0 aliphatic rings. The first-order valence-corrected chi connectivity index (χ1v) is 5.96. The SMILES string of the molecule is CCN=CC(=CN)c1cnc2ccc(Cl)nc2c1. The summed E-state index contributed by atoms with van der Waals surface area (Å²) in [4.78, 5) is 12.7. The lowest BCUT2D eigenvalue weighted by Crippen LogP contribution is -1.94. The number of halogens is 1. The molecular weight excluding hydrogens is 248 g/mol. The van der Waals surface area contributed by atoms with E-state index < -0.39 is 0 Å². The fourth-order valence-electron chi connectivity index (χ4n) is 1.54. The topological polar surface area (TPSA) is 64.2 Å². The number of nitrogens with two attached hydrogens (primary N) is 1. The van der Waals surface area contributed by atoms with Gasteiger partial charge in [0, 0.05) is 36.3 Å². The predicted octanol–water partition coefficient (Wildman–Crippen LogP) is 2.67. The van der Waals surface area contributed by atoms with Crippen molar-refractivity contribution in [1.82, 2.24) is 9.97 Å². The highest BCUT2D eigenvalue weighted by molar-refractivity contribution is 6.29. The molecule has 0 aromatic carbocycles. The molecule has 0 spiro atoms. The van der Waals surface area contributed by atoms with E-state index in [0.29, 0.717) is 11.7 Å². The molecule has 0 saturated carbocycles. The first-order chi connectivity index (χ1) is 8.74. The van der Waals surface area contributed by atoms with Crippen molar-refractivity contribution in [2.24, 2.45) is 10.7 Å². The van der Waals surface area contributed by atoms with Crippen LogP contribution < -0.4 is 5.73 Å². The second-order valence-corrected chi connectivity index (χ2v) is 4.03. The molecule has 92 valence electrons. The number of nitrogens with zero attached hydrogens (tertiary/aromatic N) is 3. The standard InChI is InChI=1S/C13H13ClN4/c1-2-16-7-10(6-15)9-5-12-11(17-8-9)3-4-13(14)18-12/h3-8H,2,15H2,1H3. The molecule has 0 saturated heterocycles. The third kappa shape index (κ3) is 2.65. The molecule has 2 rings (SSSR count). The van der Waals surface area contributed by atoms with E-state index in [1.165, 1.54) is 6.20 Å². The molecule has 2 N–H and O–H groups in total. The molecule has 0 amide bonds. The average Bonchev–Trinajstić information content (AvgIpc) is 2.39. The average molecular weight is 261 g/mol. The molecule has 0 radical (unpaired) electrons. The van der Waals surface area contributed by atoms with E-state index in [0.717, 1.165) is 22.2 Å². The summed E-state index contributed by atoms with van der Waals surface area (Å²) in [6, 6.07) is 5.45. The predicted molar refractivity (Wildman–Crippen MR) is 75.7 cm³/mol. The van der Waals surface area contributed by atoms with Gasteiger partial charge >= 0.3 is 0 Å². The van der Waals surface area contributed by atoms with E-state index >= 15 is 0 Å². The summed E-state index contributed by atoms with van der Waals surface area (Å²) in [6.45, 7) is 2.67. The Bertz CT molecular complexity index is 619. The molecule has 0 atom stereocenters. The van der Waals surface area contributed by atoms with Gasteiger partial charge in [-0.3, -0.25) is 9.98 Å². The molecule has 4 nitrogen and oxygen atoms in total. The number of aliphatic imine (C=N–C) groups is 1. The zero-order valence-corrected chi connectivity index (χ0v) is 10.7. The van der Waals surface area contributed by atoms with Gasteiger partial charge in [-0.15, -0.1) is 0 Å². The molecule has 0 aliphatic carbocycles. The molecule has 2 aromatic heterocycles. The highest BCUT2D eigenvalue weighted by Crippen LogP contribution is 2.18. The lowest BCUT2D eigenvalue weighted by atomic mass is 10.1. The summed E-state index contributed by atoms with van der Waals surface area (Å²) in [5.41, 5.74) is 8.82. The van der Waals surface area contributed by atoms with E-state index in [1.54, 1.807) is 18.5 Å². The first-order valence-electron chi connectivity index (χ1n) is 5.59. The van der Waals surface area contributed by atoms with Crippen LogP contribution in [0.2, 0.25) is 5.15 Å². The maximum absolute atomic E-state index is 5.86. The minimum absolute atomic E-state index is 0.446. The van der Waals surface area contributed by atoms with Gasteiger partial charge in [-0.1, -0.05) is 11.6 Å². The van der Waals surface area contributed by atoms with Crippen molar-refractivity contribution in [1.29, 1.82) is 0 Å². The second-order valence-electron chi connectivity index (χ2n) is 3.65. The summed E-state index contributed by atoms with van der Waals surface area (Å²) >= 11 is 5.86.